The molecule has 0 bridgehead atoms. The Morgan fingerprint density at radius 1 is 1.08 bits per heavy atom. The van der Waals surface area contributed by atoms with Gasteiger partial charge in [0.25, 0.3) is 5.91 Å². The van der Waals surface area contributed by atoms with Gasteiger partial charge < -0.3 is 9.64 Å². The van der Waals surface area contributed by atoms with E-state index in [1.54, 1.807) is 40.2 Å². The lowest BCUT2D eigenvalue weighted by atomic mass is 10.2. The number of nitrogens with zero attached hydrogens (tertiary/aromatic N) is 4. The lowest BCUT2D eigenvalue weighted by Gasteiger charge is -2.27. The fraction of sp³-hybridized carbons (Fsp3) is 0.167. The van der Waals surface area contributed by atoms with E-state index in [-0.39, 0.29) is 11.7 Å². The third-order valence-corrected chi connectivity index (χ3v) is 4.03. The smallest absolute Gasteiger partial charge is 0.276 e. The Morgan fingerprint density at radius 2 is 1.84 bits per heavy atom. The van der Waals surface area contributed by atoms with Crippen LogP contribution >= 0.6 is 0 Å². The maximum absolute atomic E-state index is 13.1. The van der Waals surface area contributed by atoms with Gasteiger partial charge in [0, 0.05) is 30.7 Å². The molecule has 0 radical (unpaired) electrons. The Balaban J connectivity index is 1.51. The molecule has 25 heavy (non-hydrogen) atoms. The number of carbonyl (C=O) groups is 1. The van der Waals surface area contributed by atoms with Crippen LogP contribution in [0, 0.1) is 5.82 Å². The Morgan fingerprint density at radius 3 is 2.60 bits per heavy atom. The first-order valence-corrected chi connectivity index (χ1v) is 7.88. The molecule has 7 heteroatoms. The second kappa shape index (κ2) is 6.35. The van der Waals surface area contributed by atoms with Gasteiger partial charge in [-0.15, -0.1) is 5.10 Å². The molecule has 4 rings (SSSR count). The van der Waals surface area contributed by atoms with Gasteiger partial charge in [0.05, 0.1) is 6.54 Å². The molecule has 0 unspecified atom stereocenters. The highest BCUT2D eigenvalue weighted by molar-refractivity contribution is 6.05. The molecule has 0 spiro atoms. The fourth-order valence-corrected chi connectivity index (χ4v) is 2.74. The summed E-state index contributed by atoms with van der Waals surface area (Å²) in [5, 5.41) is 4.33. The monoisotopic (exact) mass is 338 g/mol. The molecular formula is C18H15FN4O2. The van der Waals surface area contributed by atoms with E-state index in [0.717, 1.165) is 5.56 Å². The summed E-state index contributed by atoms with van der Waals surface area (Å²) < 4.78 is 20.4. The number of pyridine rings is 1. The van der Waals surface area contributed by atoms with Crippen LogP contribution in [0.4, 0.5) is 10.1 Å². The van der Waals surface area contributed by atoms with Crippen molar-refractivity contribution in [1.29, 1.82) is 0 Å². The summed E-state index contributed by atoms with van der Waals surface area (Å²) in [6.07, 6.45) is 3.39. The van der Waals surface area contributed by atoms with Crippen molar-refractivity contribution >= 4 is 11.6 Å². The minimum absolute atomic E-state index is 0.177. The molecule has 3 aromatic rings. The Bertz CT molecular complexity index is 893. The van der Waals surface area contributed by atoms with Crippen LogP contribution in [0.1, 0.15) is 16.1 Å². The van der Waals surface area contributed by atoms with Crippen molar-refractivity contribution in [3.63, 3.8) is 0 Å². The number of carbonyl (C=O) groups excluding carboxylic acids is 1. The van der Waals surface area contributed by atoms with E-state index in [0.29, 0.717) is 37.0 Å². The third-order valence-electron chi connectivity index (χ3n) is 4.03. The highest BCUT2D eigenvalue weighted by atomic mass is 19.1. The summed E-state index contributed by atoms with van der Waals surface area (Å²) in [6.45, 7) is 1.38. The second-order valence-electron chi connectivity index (χ2n) is 5.67. The van der Waals surface area contributed by atoms with E-state index in [4.69, 9.17) is 4.74 Å². The number of rotatable bonds is 4. The van der Waals surface area contributed by atoms with E-state index >= 15 is 0 Å². The van der Waals surface area contributed by atoms with Crippen molar-refractivity contribution in [3.8, 4) is 5.88 Å². The van der Waals surface area contributed by atoms with E-state index in [1.807, 2.05) is 12.1 Å². The Kier molecular flexibility index (Phi) is 3.89. The van der Waals surface area contributed by atoms with Crippen molar-refractivity contribution in [2.24, 2.45) is 0 Å². The number of aromatic nitrogens is 3. The van der Waals surface area contributed by atoms with Gasteiger partial charge in [-0.3, -0.25) is 14.5 Å². The molecule has 0 fully saturated rings. The largest absolute Gasteiger partial charge is 0.472 e. The summed E-state index contributed by atoms with van der Waals surface area (Å²) in [5.74, 6) is -0.102. The molecular weight excluding hydrogens is 323 g/mol. The van der Waals surface area contributed by atoms with E-state index in [2.05, 4.69) is 10.1 Å². The molecule has 1 amide bonds. The summed E-state index contributed by atoms with van der Waals surface area (Å²) in [4.78, 5) is 18.3. The molecule has 0 saturated carbocycles. The number of halogens is 1. The van der Waals surface area contributed by atoms with Gasteiger partial charge in [-0.25, -0.2) is 4.39 Å². The average molecular weight is 338 g/mol. The normalized spacial score (nSPS) is 13.6. The van der Waals surface area contributed by atoms with Crippen LogP contribution in [0.15, 0.2) is 54.9 Å². The highest BCUT2D eigenvalue weighted by Crippen LogP contribution is 2.24. The zero-order valence-corrected chi connectivity index (χ0v) is 13.3. The van der Waals surface area contributed by atoms with Crippen LogP contribution in [0.3, 0.4) is 0 Å². The molecule has 1 aromatic carbocycles. The van der Waals surface area contributed by atoms with Crippen molar-refractivity contribution in [3.05, 3.63) is 71.9 Å². The standard InChI is InChI=1S/C18H15FN4O2/c19-14-1-3-15(4-2-14)22-9-10-23-16(18(22)24)11-17(21-23)25-12-13-5-7-20-8-6-13/h1-8,11H,9-10,12H2. The van der Waals surface area contributed by atoms with Crippen molar-refractivity contribution < 1.29 is 13.9 Å². The van der Waals surface area contributed by atoms with Crippen LogP contribution in [0.25, 0.3) is 0 Å². The summed E-state index contributed by atoms with van der Waals surface area (Å²) in [7, 11) is 0. The molecule has 126 valence electrons. The number of hydrogen-bond acceptors (Lipinski definition) is 4. The zero-order valence-electron chi connectivity index (χ0n) is 13.3. The van der Waals surface area contributed by atoms with Gasteiger partial charge in [-0.2, -0.15) is 0 Å². The summed E-state index contributed by atoms with van der Waals surface area (Å²) in [5.41, 5.74) is 2.10. The minimum atomic E-state index is -0.329. The first-order chi connectivity index (χ1) is 12.2. The lowest BCUT2D eigenvalue weighted by molar-refractivity contribution is 0.0962. The number of hydrogen-bond donors (Lipinski definition) is 0. The Hall–Kier alpha value is -3.22. The summed E-state index contributed by atoms with van der Waals surface area (Å²) >= 11 is 0. The van der Waals surface area contributed by atoms with Gasteiger partial charge >= 0.3 is 0 Å². The van der Waals surface area contributed by atoms with E-state index in [9.17, 15) is 9.18 Å². The second-order valence-corrected chi connectivity index (χ2v) is 5.67. The minimum Gasteiger partial charge on any atom is -0.472 e. The van der Waals surface area contributed by atoms with E-state index in [1.165, 1.54) is 12.1 Å². The number of amides is 1. The first kappa shape index (κ1) is 15.3. The van der Waals surface area contributed by atoms with Gasteiger partial charge in [0.15, 0.2) is 0 Å². The topological polar surface area (TPSA) is 60.2 Å². The number of benzene rings is 1. The number of anilines is 1. The molecule has 6 nitrogen and oxygen atoms in total. The molecule has 1 aliphatic rings. The molecule has 0 aliphatic carbocycles. The maximum Gasteiger partial charge on any atom is 0.276 e. The predicted octanol–water partition coefficient (Wildman–Crippen LogP) is 2.66. The van der Waals surface area contributed by atoms with Crippen LogP contribution in [0.2, 0.25) is 0 Å². The first-order valence-electron chi connectivity index (χ1n) is 7.88. The summed E-state index contributed by atoms with van der Waals surface area (Å²) in [6, 6.07) is 11.2. The zero-order chi connectivity index (χ0) is 17.2. The van der Waals surface area contributed by atoms with Crippen molar-refractivity contribution in [2.75, 3.05) is 11.4 Å². The highest BCUT2D eigenvalue weighted by Gasteiger charge is 2.27. The van der Waals surface area contributed by atoms with Crippen LogP contribution in [-0.4, -0.2) is 27.2 Å². The molecule has 3 heterocycles. The third kappa shape index (κ3) is 3.08. The molecule has 1 aliphatic heterocycles. The van der Waals surface area contributed by atoms with Crippen LogP contribution < -0.4 is 9.64 Å². The van der Waals surface area contributed by atoms with Crippen LogP contribution in [0.5, 0.6) is 5.88 Å². The molecule has 0 atom stereocenters. The molecule has 2 aromatic heterocycles. The fourth-order valence-electron chi connectivity index (χ4n) is 2.74. The van der Waals surface area contributed by atoms with E-state index < -0.39 is 0 Å². The molecule has 0 N–H and O–H groups in total. The SMILES string of the molecule is O=C1c2cc(OCc3ccncc3)nn2CCN1c1ccc(F)cc1. The quantitative estimate of drug-likeness (QED) is 0.734. The van der Waals surface area contributed by atoms with Gasteiger partial charge in [0.1, 0.15) is 18.1 Å². The van der Waals surface area contributed by atoms with Gasteiger partial charge in [-0.05, 0) is 42.0 Å². The van der Waals surface area contributed by atoms with Crippen molar-refractivity contribution in [2.45, 2.75) is 13.2 Å². The number of fused-ring (bicyclic) bond motifs is 1. The van der Waals surface area contributed by atoms with Gasteiger partial charge in [-0.1, -0.05) is 0 Å². The average Bonchev–Trinajstić information content (AvgIpc) is 3.06. The van der Waals surface area contributed by atoms with Crippen LogP contribution in [-0.2, 0) is 13.2 Å². The lowest BCUT2D eigenvalue weighted by Crippen LogP contribution is -2.40. The molecule has 0 saturated heterocycles. The van der Waals surface area contributed by atoms with Gasteiger partial charge in [0.2, 0.25) is 5.88 Å². The number of ether oxygens (including phenoxy) is 1. The Labute approximate surface area is 143 Å². The van der Waals surface area contributed by atoms with Crippen molar-refractivity contribution in [1.82, 2.24) is 14.8 Å². The predicted molar refractivity (Wildman–Crippen MR) is 88.9 cm³/mol. The maximum atomic E-state index is 13.1.